The van der Waals surface area contributed by atoms with Crippen molar-refractivity contribution in [2.45, 2.75) is 50.0 Å². The maximum Gasteiger partial charge on any atom is 0.178 e. The van der Waals surface area contributed by atoms with Gasteiger partial charge in [-0.2, -0.15) is 0 Å². The molecule has 3 saturated carbocycles. The normalized spacial score (nSPS) is 40.8. The summed E-state index contributed by atoms with van der Waals surface area (Å²) in [7, 11) is 0. The summed E-state index contributed by atoms with van der Waals surface area (Å²) >= 11 is 1.83. The number of hydrogen-bond donors (Lipinski definition) is 1. The van der Waals surface area contributed by atoms with Crippen LogP contribution in [0.4, 0.5) is 0 Å². The molecule has 0 saturated heterocycles. The number of benzene rings is 1. The van der Waals surface area contributed by atoms with E-state index in [0.717, 1.165) is 31.4 Å². The Hall–Kier alpha value is -1.65. The summed E-state index contributed by atoms with van der Waals surface area (Å²) < 4.78 is 0. The third kappa shape index (κ3) is 2.90. The molecule has 0 spiro atoms. The highest BCUT2D eigenvalue weighted by molar-refractivity contribution is 7.99. The highest BCUT2D eigenvalue weighted by atomic mass is 32.2. The third-order valence-corrected chi connectivity index (χ3v) is 9.61. The zero-order chi connectivity index (χ0) is 20.2. The quantitative estimate of drug-likeness (QED) is 0.746. The lowest BCUT2D eigenvalue weighted by Crippen LogP contribution is -2.58. The molecule has 0 bridgehead atoms. The first-order chi connectivity index (χ1) is 13.9. The number of nitrogens with two attached hydrogens (primary N) is 1. The first-order valence-corrected chi connectivity index (χ1v) is 11.8. The number of allylic oxidation sites excluding steroid dienone is 3. The van der Waals surface area contributed by atoms with Gasteiger partial charge in [0.1, 0.15) is 5.78 Å². The second-order valence-corrected chi connectivity index (χ2v) is 10.7. The average molecular weight is 408 g/mol. The number of hydrogen-bond acceptors (Lipinski definition) is 4. The lowest BCUT2D eigenvalue weighted by atomic mass is 9.47. The van der Waals surface area contributed by atoms with Crippen LogP contribution in [-0.4, -0.2) is 23.4 Å². The molecule has 29 heavy (non-hydrogen) atoms. The van der Waals surface area contributed by atoms with Crippen molar-refractivity contribution in [3.63, 3.8) is 0 Å². The van der Waals surface area contributed by atoms with Gasteiger partial charge >= 0.3 is 0 Å². The Labute approximate surface area is 177 Å². The van der Waals surface area contributed by atoms with Gasteiger partial charge in [0.2, 0.25) is 0 Å². The van der Waals surface area contributed by atoms with Gasteiger partial charge in [0.05, 0.1) is 0 Å². The molecular weight excluding hydrogens is 378 g/mol. The fraction of sp³-hybridized carbons (Fsp3) is 0.520. The molecule has 1 aromatic carbocycles. The first kappa shape index (κ1) is 19.3. The van der Waals surface area contributed by atoms with E-state index in [-0.39, 0.29) is 22.7 Å². The van der Waals surface area contributed by atoms with Crippen molar-refractivity contribution in [1.82, 2.24) is 0 Å². The minimum atomic E-state index is -0.231. The smallest absolute Gasteiger partial charge is 0.178 e. The predicted molar refractivity (Wildman–Crippen MR) is 116 cm³/mol. The Kier molecular flexibility index (Phi) is 4.63. The van der Waals surface area contributed by atoms with Crippen molar-refractivity contribution in [3.05, 3.63) is 54.1 Å². The van der Waals surface area contributed by atoms with Crippen LogP contribution in [0.25, 0.3) is 0 Å². The lowest BCUT2D eigenvalue weighted by Gasteiger charge is -2.58. The Morgan fingerprint density at radius 2 is 1.93 bits per heavy atom. The summed E-state index contributed by atoms with van der Waals surface area (Å²) in [5.41, 5.74) is 7.66. The molecular formula is C25H29NO2S. The van der Waals surface area contributed by atoms with Gasteiger partial charge in [-0.15, -0.1) is 11.8 Å². The fourth-order valence-corrected chi connectivity index (χ4v) is 8.14. The number of carbonyl (C=O) groups excluding carboxylic acids is 2. The second-order valence-electron chi connectivity index (χ2n) is 9.60. The second kappa shape index (κ2) is 6.95. The molecule has 4 aliphatic rings. The van der Waals surface area contributed by atoms with Gasteiger partial charge in [-0.1, -0.05) is 36.8 Å². The summed E-state index contributed by atoms with van der Waals surface area (Å²) in [4.78, 5) is 26.4. The van der Waals surface area contributed by atoms with Gasteiger partial charge in [0.15, 0.2) is 5.78 Å². The maximum atomic E-state index is 13.2. The SMILES string of the molecule is C[C@]12C=CC(=O)C=C1C[C@@H](N)[C@H]1[C@@H]3CCC(=O)[C@@]3(CSc3ccccc3)CC[C@@H]12. The van der Waals surface area contributed by atoms with Crippen LogP contribution in [0.1, 0.15) is 39.0 Å². The van der Waals surface area contributed by atoms with Crippen molar-refractivity contribution in [2.75, 3.05) is 5.75 Å². The third-order valence-electron chi connectivity index (χ3n) is 8.34. The molecule has 4 heteroatoms. The summed E-state index contributed by atoms with van der Waals surface area (Å²) in [6.07, 6.45) is 10.1. The van der Waals surface area contributed by atoms with E-state index in [1.54, 1.807) is 6.08 Å². The molecule has 3 fully saturated rings. The van der Waals surface area contributed by atoms with Gasteiger partial charge in [-0.05, 0) is 67.7 Å². The zero-order valence-electron chi connectivity index (χ0n) is 17.0. The average Bonchev–Trinajstić information content (AvgIpc) is 3.05. The van der Waals surface area contributed by atoms with Crippen LogP contribution in [0.3, 0.4) is 0 Å². The molecule has 0 unspecified atom stereocenters. The topological polar surface area (TPSA) is 60.2 Å². The molecule has 4 aliphatic carbocycles. The molecule has 0 amide bonds. The summed E-state index contributed by atoms with van der Waals surface area (Å²) in [6, 6.07) is 10.5. The molecule has 2 N–H and O–H groups in total. The molecule has 0 aromatic heterocycles. The number of carbonyl (C=O) groups is 2. The van der Waals surface area contributed by atoms with E-state index in [4.69, 9.17) is 5.73 Å². The molecule has 6 atom stereocenters. The lowest BCUT2D eigenvalue weighted by molar-refractivity contribution is -0.131. The number of thioether (sulfide) groups is 1. The van der Waals surface area contributed by atoms with Gasteiger partial charge in [-0.3, -0.25) is 9.59 Å². The Balaban J connectivity index is 1.47. The molecule has 0 heterocycles. The Morgan fingerprint density at radius 3 is 2.72 bits per heavy atom. The van der Waals surface area contributed by atoms with Crippen LogP contribution >= 0.6 is 11.8 Å². The van der Waals surface area contributed by atoms with E-state index in [1.165, 1.54) is 10.5 Å². The van der Waals surface area contributed by atoms with Gasteiger partial charge in [-0.25, -0.2) is 0 Å². The summed E-state index contributed by atoms with van der Waals surface area (Å²) in [6.45, 7) is 2.29. The van der Waals surface area contributed by atoms with E-state index in [9.17, 15) is 9.59 Å². The fourth-order valence-electron chi connectivity index (χ4n) is 6.84. The van der Waals surface area contributed by atoms with Crippen LogP contribution in [0, 0.1) is 28.6 Å². The summed E-state index contributed by atoms with van der Waals surface area (Å²) in [5.74, 6) is 2.55. The predicted octanol–water partition coefficient (Wildman–Crippen LogP) is 4.57. The van der Waals surface area contributed by atoms with Gasteiger partial charge in [0, 0.05) is 33.9 Å². The van der Waals surface area contributed by atoms with Crippen molar-refractivity contribution < 1.29 is 9.59 Å². The summed E-state index contributed by atoms with van der Waals surface area (Å²) in [5, 5.41) is 0. The Bertz CT molecular complexity index is 907. The van der Waals surface area contributed by atoms with Crippen LogP contribution in [0.5, 0.6) is 0 Å². The minimum absolute atomic E-state index is 0.0379. The largest absolute Gasteiger partial charge is 0.327 e. The van der Waals surface area contributed by atoms with Crippen LogP contribution in [0.2, 0.25) is 0 Å². The standard InChI is InChI=1S/C25H29NO2S/c1-24-11-9-17(27)13-16(24)14-21(26)23-19(24)10-12-25(20(23)7-8-22(25)28)15-29-18-5-3-2-4-6-18/h2-6,9,11,13,19-21,23H,7-8,10,12,14-15,26H2,1H3/t19-,20-,21+,23+,24-,25+/m0/s1. The van der Waals surface area contributed by atoms with Crippen molar-refractivity contribution in [2.24, 2.45) is 34.3 Å². The van der Waals surface area contributed by atoms with Gasteiger partial charge < -0.3 is 5.73 Å². The van der Waals surface area contributed by atoms with Crippen LogP contribution < -0.4 is 5.73 Å². The minimum Gasteiger partial charge on any atom is -0.327 e. The monoisotopic (exact) mass is 407 g/mol. The highest BCUT2D eigenvalue weighted by Crippen LogP contribution is 2.64. The van der Waals surface area contributed by atoms with E-state index in [2.05, 4.69) is 37.3 Å². The highest BCUT2D eigenvalue weighted by Gasteiger charge is 2.62. The van der Waals surface area contributed by atoms with E-state index < -0.39 is 0 Å². The van der Waals surface area contributed by atoms with Crippen molar-refractivity contribution in [1.29, 1.82) is 0 Å². The van der Waals surface area contributed by atoms with Crippen LogP contribution in [-0.2, 0) is 9.59 Å². The van der Waals surface area contributed by atoms with Crippen LogP contribution in [0.15, 0.2) is 59.0 Å². The van der Waals surface area contributed by atoms with Gasteiger partial charge in [0.25, 0.3) is 0 Å². The number of ketones is 2. The zero-order valence-corrected chi connectivity index (χ0v) is 17.8. The molecule has 0 radical (unpaired) electrons. The molecule has 0 aliphatic heterocycles. The Morgan fingerprint density at radius 1 is 1.14 bits per heavy atom. The number of Topliss-reactive ketones (excluding diaryl/α,β-unsaturated/α-hetero) is 1. The molecule has 3 nitrogen and oxygen atoms in total. The van der Waals surface area contributed by atoms with E-state index in [1.807, 2.05) is 23.9 Å². The van der Waals surface area contributed by atoms with Crippen molar-refractivity contribution in [3.8, 4) is 0 Å². The number of fused-ring (bicyclic) bond motifs is 5. The van der Waals surface area contributed by atoms with E-state index in [0.29, 0.717) is 30.0 Å². The van der Waals surface area contributed by atoms with Crippen molar-refractivity contribution >= 4 is 23.3 Å². The first-order valence-electron chi connectivity index (χ1n) is 10.8. The molecule has 152 valence electrons. The molecule has 5 rings (SSSR count). The number of rotatable bonds is 3. The molecule has 1 aromatic rings. The van der Waals surface area contributed by atoms with E-state index >= 15 is 0 Å². The maximum absolute atomic E-state index is 13.2.